The minimum atomic E-state index is -0.369. The molecule has 1 fully saturated rings. The van der Waals surface area contributed by atoms with E-state index in [2.05, 4.69) is 15.4 Å². The number of ether oxygens (including phenoxy) is 1. The highest BCUT2D eigenvalue weighted by Crippen LogP contribution is 2.15. The number of hydrogen-bond donors (Lipinski definition) is 0. The zero-order valence-electron chi connectivity index (χ0n) is 13.0. The Morgan fingerprint density at radius 1 is 1.35 bits per heavy atom. The van der Waals surface area contributed by atoms with E-state index in [1.54, 1.807) is 17.0 Å². The molecule has 0 radical (unpaired) electrons. The molecule has 1 aromatic carbocycles. The molecular formula is C15H18FN5O2. The predicted molar refractivity (Wildman–Crippen MR) is 79.8 cm³/mol. The molecule has 1 saturated heterocycles. The molecule has 1 aliphatic rings. The quantitative estimate of drug-likeness (QED) is 0.847. The average molecular weight is 319 g/mol. The van der Waals surface area contributed by atoms with Gasteiger partial charge in [-0.15, -0.1) is 10.2 Å². The molecule has 8 heteroatoms. The Morgan fingerprint density at radius 2 is 2.09 bits per heavy atom. The maximum Gasteiger partial charge on any atom is 0.246 e. The third-order valence-corrected chi connectivity index (χ3v) is 3.58. The fourth-order valence-corrected chi connectivity index (χ4v) is 2.66. The molecule has 0 unspecified atom stereocenters. The number of aromatic nitrogens is 4. The zero-order chi connectivity index (χ0) is 16.4. The van der Waals surface area contributed by atoms with E-state index >= 15 is 0 Å². The summed E-state index contributed by atoms with van der Waals surface area (Å²) >= 11 is 0. The molecule has 7 nitrogen and oxygen atoms in total. The Balaban J connectivity index is 1.68. The largest absolute Gasteiger partial charge is 0.372 e. The van der Waals surface area contributed by atoms with Crippen LogP contribution in [0, 0.1) is 5.82 Å². The average Bonchev–Trinajstić information content (AvgIpc) is 2.95. The number of hydrogen-bond acceptors (Lipinski definition) is 5. The van der Waals surface area contributed by atoms with Gasteiger partial charge in [0.15, 0.2) is 0 Å². The van der Waals surface area contributed by atoms with Crippen LogP contribution < -0.4 is 0 Å². The summed E-state index contributed by atoms with van der Waals surface area (Å²) in [6.07, 6.45) is 0.0171. The molecule has 0 N–H and O–H groups in total. The van der Waals surface area contributed by atoms with Crippen LogP contribution in [-0.4, -0.2) is 56.3 Å². The number of morpholine rings is 1. The molecule has 2 atom stereocenters. The number of carbonyl (C=O) groups is 1. The first kappa shape index (κ1) is 15.5. The van der Waals surface area contributed by atoms with Crippen LogP contribution in [0.15, 0.2) is 24.3 Å². The van der Waals surface area contributed by atoms with Crippen LogP contribution in [0.2, 0.25) is 0 Å². The Hall–Kier alpha value is -2.35. The molecule has 3 rings (SSSR count). The summed E-state index contributed by atoms with van der Waals surface area (Å²) in [5, 5.41) is 11.9. The zero-order valence-corrected chi connectivity index (χ0v) is 13.0. The van der Waals surface area contributed by atoms with E-state index in [0.29, 0.717) is 24.5 Å². The molecule has 122 valence electrons. The van der Waals surface area contributed by atoms with Gasteiger partial charge in [0.05, 0.1) is 12.2 Å². The summed E-state index contributed by atoms with van der Waals surface area (Å²) in [6, 6.07) is 5.94. The number of nitrogens with zero attached hydrogens (tertiary/aromatic N) is 5. The van der Waals surface area contributed by atoms with Crippen LogP contribution in [0.1, 0.15) is 13.8 Å². The third kappa shape index (κ3) is 3.70. The Kier molecular flexibility index (Phi) is 4.33. The summed E-state index contributed by atoms with van der Waals surface area (Å²) in [5.74, 6) is -0.164. The van der Waals surface area contributed by atoms with Gasteiger partial charge in [-0.05, 0) is 31.2 Å². The van der Waals surface area contributed by atoms with Gasteiger partial charge >= 0.3 is 0 Å². The summed E-state index contributed by atoms with van der Waals surface area (Å²) in [5.41, 5.74) is 0.525. The second-order valence-corrected chi connectivity index (χ2v) is 5.71. The van der Waals surface area contributed by atoms with Gasteiger partial charge < -0.3 is 9.64 Å². The minimum Gasteiger partial charge on any atom is -0.372 e. The van der Waals surface area contributed by atoms with E-state index in [1.807, 2.05) is 13.8 Å². The van der Waals surface area contributed by atoms with Crippen LogP contribution in [0.3, 0.4) is 0 Å². The normalized spacial score (nSPS) is 21.4. The fraction of sp³-hybridized carbons (Fsp3) is 0.467. The summed E-state index contributed by atoms with van der Waals surface area (Å²) in [7, 11) is 0. The molecule has 1 aromatic heterocycles. The molecule has 0 aliphatic carbocycles. The standard InChI is InChI=1S/C15H18FN5O2/c1-10-7-20(8-11(2)23-10)14(22)9-21-18-15(17-19-21)12-4-3-5-13(16)6-12/h3-6,10-11H,7-9H2,1-2H3/t10-,11+. The number of rotatable bonds is 3. The maximum absolute atomic E-state index is 13.2. The molecular weight excluding hydrogens is 301 g/mol. The van der Waals surface area contributed by atoms with Crippen LogP contribution >= 0.6 is 0 Å². The van der Waals surface area contributed by atoms with Crippen molar-refractivity contribution in [2.75, 3.05) is 13.1 Å². The number of carbonyl (C=O) groups excluding carboxylic acids is 1. The Bertz CT molecular complexity index is 695. The van der Waals surface area contributed by atoms with Crippen molar-refractivity contribution in [2.45, 2.75) is 32.6 Å². The summed E-state index contributed by atoms with van der Waals surface area (Å²) in [4.78, 5) is 15.3. The van der Waals surface area contributed by atoms with Gasteiger partial charge in [0.2, 0.25) is 11.7 Å². The van der Waals surface area contributed by atoms with E-state index in [0.717, 1.165) is 0 Å². The number of benzene rings is 1. The van der Waals surface area contributed by atoms with Gasteiger partial charge in [-0.1, -0.05) is 12.1 Å². The molecule has 0 saturated carbocycles. The fourth-order valence-electron chi connectivity index (χ4n) is 2.66. The van der Waals surface area contributed by atoms with E-state index < -0.39 is 0 Å². The highest BCUT2D eigenvalue weighted by atomic mass is 19.1. The van der Waals surface area contributed by atoms with E-state index in [4.69, 9.17) is 4.74 Å². The first-order chi connectivity index (χ1) is 11.0. The topological polar surface area (TPSA) is 73.1 Å². The maximum atomic E-state index is 13.2. The van der Waals surface area contributed by atoms with Crippen LogP contribution in [0.25, 0.3) is 11.4 Å². The molecule has 1 amide bonds. The smallest absolute Gasteiger partial charge is 0.246 e. The predicted octanol–water partition coefficient (Wildman–Crippen LogP) is 1.11. The van der Waals surface area contributed by atoms with Crippen molar-refractivity contribution < 1.29 is 13.9 Å². The second kappa shape index (κ2) is 6.41. The van der Waals surface area contributed by atoms with Crippen LogP contribution in [0.5, 0.6) is 0 Å². The van der Waals surface area contributed by atoms with Crippen molar-refractivity contribution in [2.24, 2.45) is 0 Å². The van der Waals surface area contributed by atoms with Crippen molar-refractivity contribution in [1.29, 1.82) is 0 Å². The van der Waals surface area contributed by atoms with E-state index in [-0.39, 0.29) is 30.5 Å². The van der Waals surface area contributed by atoms with E-state index in [9.17, 15) is 9.18 Å². The molecule has 1 aliphatic heterocycles. The number of tetrazole rings is 1. The number of amides is 1. The third-order valence-electron chi connectivity index (χ3n) is 3.58. The first-order valence-corrected chi connectivity index (χ1v) is 7.48. The second-order valence-electron chi connectivity index (χ2n) is 5.71. The van der Waals surface area contributed by atoms with Gasteiger partial charge in [-0.25, -0.2) is 4.39 Å². The van der Waals surface area contributed by atoms with Gasteiger partial charge in [-0.3, -0.25) is 4.79 Å². The van der Waals surface area contributed by atoms with E-state index in [1.165, 1.54) is 16.9 Å². The summed E-state index contributed by atoms with van der Waals surface area (Å²) in [6.45, 7) is 4.97. The van der Waals surface area contributed by atoms with Crippen molar-refractivity contribution in [3.05, 3.63) is 30.1 Å². The van der Waals surface area contributed by atoms with Crippen molar-refractivity contribution >= 4 is 5.91 Å². The highest BCUT2D eigenvalue weighted by molar-refractivity contribution is 5.76. The molecule has 2 heterocycles. The molecule has 0 spiro atoms. The highest BCUT2D eigenvalue weighted by Gasteiger charge is 2.26. The Morgan fingerprint density at radius 3 is 2.78 bits per heavy atom. The molecule has 0 bridgehead atoms. The molecule has 23 heavy (non-hydrogen) atoms. The van der Waals surface area contributed by atoms with Gasteiger partial charge in [0, 0.05) is 18.7 Å². The minimum absolute atomic E-state index is 0.00174. The first-order valence-electron chi connectivity index (χ1n) is 7.48. The Labute approximate surface area is 133 Å². The SMILES string of the molecule is C[C@@H]1CN(C(=O)Cn2nnc(-c3cccc(F)c3)n2)C[C@H](C)O1. The van der Waals surface area contributed by atoms with Gasteiger partial charge in [-0.2, -0.15) is 4.80 Å². The van der Waals surface area contributed by atoms with Gasteiger partial charge in [0.25, 0.3) is 0 Å². The van der Waals surface area contributed by atoms with Crippen molar-refractivity contribution in [3.8, 4) is 11.4 Å². The van der Waals surface area contributed by atoms with Crippen molar-refractivity contribution in [3.63, 3.8) is 0 Å². The van der Waals surface area contributed by atoms with Crippen LogP contribution in [-0.2, 0) is 16.1 Å². The summed E-state index contributed by atoms with van der Waals surface area (Å²) < 4.78 is 18.8. The lowest BCUT2D eigenvalue weighted by molar-refractivity contribution is -0.144. The monoisotopic (exact) mass is 319 g/mol. The van der Waals surface area contributed by atoms with Crippen LogP contribution in [0.4, 0.5) is 4.39 Å². The molecule has 2 aromatic rings. The number of halogens is 1. The van der Waals surface area contributed by atoms with Gasteiger partial charge in [0.1, 0.15) is 12.4 Å². The lowest BCUT2D eigenvalue weighted by atomic mass is 10.2. The lowest BCUT2D eigenvalue weighted by Crippen LogP contribution is -2.49. The lowest BCUT2D eigenvalue weighted by Gasteiger charge is -2.35. The van der Waals surface area contributed by atoms with Crippen molar-refractivity contribution in [1.82, 2.24) is 25.1 Å².